The van der Waals surface area contributed by atoms with Gasteiger partial charge in [-0.2, -0.15) is 0 Å². The summed E-state index contributed by atoms with van der Waals surface area (Å²) in [5.74, 6) is 0. The maximum atomic E-state index is 6.34. The monoisotopic (exact) mass is 322 g/mol. The molecule has 2 nitrogen and oxygen atoms in total. The molecule has 3 rings (SSSR count). The quantitative estimate of drug-likeness (QED) is 0.687. The van der Waals surface area contributed by atoms with Crippen molar-refractivity contribution in [2.75, 3.05) is 5.32 Å². The first-order valence-corrected chi connectivity index (χ1v) is 8.01. The van der Waals surface area contributed by atoms with Gasteiger partial charge in [-0.25, -0.2) is 0 Å². The van der Waals surface area contributed by atoms with Gasteiger partial charge in [-0.05, 0) is 28.3 Å². The van der Waals surface area contributed by atoms with Crippen LogP contribution in [0.4, 0.5) is 5.69 Å². The van der Waals surface area contributed by atoms with E-state index in [0.29, 0.717) is 11.6 Å². The molecular weight excluding hydrogens is 304 g/mol. The summed E-state index contributed by atoms with van der Waals surface area (Å²) in [6.07, 6.45) is 0. The first kappa shape index (κ1) is 15.6. The summed E-state index contributed by atoms with van der Waals surface area (Å²) in [5, 5.41) is 4.08. The molecule has 0 radical (unpaired) electrons. The molecule has 0 amide bonds. The highest BCUT2D eigenvalue weighted by Gasteiger charge is 2.04. The van der Waals surface area contributed by atoms with Crippen molar-refractivity contribution < 1.29 is 0 Å². The van der Waals surface area contributed by atoms with Crippen LogP contribution in [0.2, 0.25) is 5.02 Å². The van der Waals surface area contributed by atoms with Crippen LogP contribution in [-0.2, 0) is 13.1 Å². The lowest BCUT2D eigenvalue weighted by Crippen LogP contribution is -2.03. The fourth-order valence-electron chi connectivity index (χ4n) is 2.52. The topological polar surface area (TPSA) is 38.0 Å². The third-order valence-corrected chi connectivity index (χ3v) is 4.29. The van der Waals surface area contributed by atoms with Crippen LogP contribution in [0.15, 0.2) is 72.8 Å². The van der Waals surface area contributed by atoms with Gasteiger partial charge in [0.1, 0.15) is 0 Å². The van der Waals surface area contributed by atoms with Crippen LogP contribution >= 0.6 is 11.6 Å². The number of hydrogen-bond donors (Lipinski definition) is 2. The third kappa shape index (κ3) is 3.73. The molecule has 3 N–H and O–H groups in total. The molecule has 0 aliphatic carbocycles. The van der Waals surface area contributed by atoms with E-state index < -0.39 is 0 Å². The first-order chi connectivity index (χ1) is 11.3. The van der Waals surface area contributed by atoms with Gasteiger partial charge in [0.15, 0.2) is 0 Å². The van der Waals surface area contributed by atoms with E-state index in [4.69, 9.17) is 17.3 Å². The second-order valence-corrected chi connectivity index (χ2v) is 5.78. The minimum absolute atomic E-state index is 0.445. The zero-order chi connectivity index (χ0) is 16.1. The summed E-state index contributed by atoms with van der Waals surface area (Å²) >= 11 is 6.34. The van der Waals surface area contributed by atoms with Gasteiger partial charge in [0.25, 0.3) is 0 Å². The Kier molecular flexibility index (Phi) is 4.96. The highest BCUT2D eigenvalue weighted by Crippen LogP contribution is 2.26. The zero-order valence-corrected chi connectivity index (χ0v) is 13.6. The van der Waals surface area contributed by atoms with E-state index in [-0.39, 0.29) is 0 Å². The minimum atomic E-state index is 0.445. The van der Waals surface area contributed by atoms with Crippen LogP contribution in [0.25, 0.3) is 11.1 Å². The second kappa shape index (κ2) is 7.32. The number of nitrogens with two attached hydrogens (primary N) is 1. The molecule has 0 spiro atoms. The molecule has 0 fully saturated rings. The Morgan fingerprint density at radius 1 is 0.783 bits per heavy atom. The fraction of sp³-hybridized carbons (Fsp3) is 0.100. The van der Waals surface area contributed by atoms with Gasteiger partial charge in [0.05, 0.1) is 10.7 Å². The van der Waals surface area contributed by atoms with E-state index in [9.17, 15) is 0 Å². The Morgan fingerprint density at radius 2 is 1.48 bits per heavy atom. The highest BCUT2D eigenvalue weighted by molar-refractivity contribution is 6.34. The van der Waals surface area contributed by atoms with Gasteiger partial charge < -0.3 is 11.1 Å². The summed E-state index contributed by atoms with van der Waals surface area (Å²) in [6, 6.07) is 24.8. The maximum Gasteiger partial charge on any atom is 0.0682 e. The molecular formula is C20H19ClN2. The number of hydrogen-bond acceptors (Lipinski definition) is 2. The molecule has 0 saturated carbocycles. The Morgan fingerprint density at radius 3 is 2.17 bits per heavy atom. The fourth-order valence-corrected chi connectivity index (χ4v) is 2.79. The average Bonchev–Trinajstić information content (AvgIpc) is 2.62. The van der Waals surface area contributed by atoms with E-state index in [1.807, 2.05) is 24.3 Å². The third-order valence-electron chi connectivity index (χ3n) is 3.84. The van der Waals surface area contributed by atoms with Crippen molar-refractivity contribution >= 4 is 17.3 Å². The zero-order valence-electron chi connectivity index (χ0n) is 12.8. The Labute approximate surface area is 141 Å². The van der Waals surface area contributed by atoms with Crippen molar-refractivity contribution in [1.82, 2.24) is 0 Å². The molecule has 3 aromatic rings. The van der Waals surface area contributed by atoms with Crippen LogP contribution in [0.3, 0.4) is 0 Å². The number of anilines is 1. The lowest BCUT2D eigenvalue weighted by atomic mass is 10.0. The van der Waals surface area contributed by atoms with Gasteiger partial charge in [-0.3, -0.25) is 0 Å². The van der Waals surface area contributed by atoms with Crippen LogP contribution < -0.4 is 11.1 Å². The first-order valence-electron chi connectivity index (χ1n) is 7.63. The lowest BCUT2D eigenvalue weighted by Gasteiger charge is -2.11. The maximum absolute atomic E-state index is 6.34. The summed E-state index contributed by atoms with van der Waals surface area (Å²) in [7, 11) is 0. The van der Waals surface area contributed by atoms with E-state index in [1.54, 1.807) is 0 Å². The SMILES string of the molecule is NCc1cccc(NCc2ccc(-c3ccccc3)cc2)c1Cl. The average molecular weight is 323 g/mol. The van der Waals surface area contributed by atoms with Crippen LogP contribution in [0.1, 0.15) is 11.1 Å². The molecule has 3 aromatic carbocycles. The normalized spacial score (nSPS) is 10.5. The molecule has 0 aliphatic heterocycles. The summed E-state index contributed by atoms with van der Waals surface area (Å²) in [5.41, 5.74) is 11.2. The number of rotatable bonds is 5. The second-order valence-electron chi connectivity index (χ2n) is 5.40. The van der Waals surface area contributed by atoms with Crippen molar-refractivity contribution in [2.24, 2.45) is 5.73 Å². The van der Waals surface area contributed by atoms with E-state index in [0.717, 1.165) is 17.8 Å². The predicted molar refractivity (Wildman–Crippen MR) is 98.5 cm³/mol. The van der Waals surface area contributed by atoms with Gasteiger partial charge in [0, 0.05) is 13.1 Å². The van der Waals surface area contributed by atoms with Gasteiger partial charge in [-0.15, -0.1) is 0 Å². The van der Waals surface area contributed by atoms with Crippen molar-refractivity contribution in [3.8, 4) is 11.1 Å². The van der Waals surface area contributed by atoms with Crippen LogP contribution in [-0.4, -0.2) is 0 Å². The molecule has 23 heavy (non-hydrogen) atoms. The van der Waals surface area contributed by atoms with Crippen LogP contribution in [0.5, 0.6) is 0 Å². The van der Waals surface area contributed by atoms with Crippen molar-refractivity contribution in [1.29, 1.82) is 0 Å². The predicted octanol–water partition coefficient (Wildman–Crippen LogP) is 5.08. The van der Waals surface area contributed by atoms with E-state index in [1.165, 1.54) is 16.7 Å². The van der Waals surface area contributed by atoms with Gasteiger partial charge >= 0.3 is 0 Å². The largest absolute Gasteiger partial charge is 0.380 e. The molecule has 0 bridgehead atoms. The van der Waals surface area contributed by atoms with E-state index >= 15 is 0 Å². The molecule has 0 atom stereocenters. The number of halogens is 1. The molecule has 0 aliphatic rings. The van der Waals surface area contributed by atoms with Crippen molar-refractivity contribution in [3.05, 3.63) is 88.9 Å². The van der Waals surface area contributed by atoms with Gasteiger partial charge in [0.2, 0.25) is 0 Å². The summed E-state index contributed by atoms with van der Waals surface area (Å²) in [6.45, 7) is 1.17. The Balaban J connectivity index is 1.70. The van der Waals surface area contributed by atoms with Crippen LogP contribution in [0, 0.1) is 0 Å². The molecule has 0 saturated heterocycles. The molecule has 0 heterocycles. The highest BCUT2D eigenvalue weighted by atomic mass is 35.5. The number of benzene rings is 3. The molecule has 116 valence electrons. The lowest BCUT2D eigenvalue weighted by molar-refractivity contribution is 1.07. The van der Waals surface area contributed by atoms with Crippen molar-refractivity contribution in [2.45, 2.75) is 13.1 Å². The number of nitrogens with one attached hydrogen (secondary N) is 1. The smallest absolute Gasteiger partial charge is 0.0682 e. The minimum Gasteiger partial charge on any atom is -0.380 e. The standard InChI is InChI=1S/C20H19ClN2/c21-20-18(13-22)7-4-8-19(20)23-14-15-9-11-17(12-10-15)16-5-2-1-3-6-16/h1-12,23H,13-14,22H2. The van der Waals surface area contributed by atoms with Gasteiger partial charge in [-0.1, -0.05) is 78.3 Å². The molecule has 3 heteroatoms. The molecule has 0 unspecified atom stereocenters. The molecule has 0 aromatic heterocycles. The summed E-state index contributed by atoms with van der Waals surface area (Å²) < 4.78 is 0. The Bertz CT molecular complexity index is 767. The Hall–Kier alpha value is -2.29. The van der Waals surface area contributed by atoms with E-state index in [2.05, 4.69) is 53.8 Å². The summed E-state index contributed by atoms with van der Waals surface area (Å²) in [4.78, 5) is 0. The van der Waals surface area contributed by atoms with Crippen molar-refractivity contribution in [3.63, 3.8) is 0 Å².